The molecule has 0 aromatic rings. The van der Waals surface area contributed by atoms with Crippen LogP contribution in [0.4, 0.5) is 4.39 Å². The molecule has 0 aliphatic carbocycles. The van der Waals surface area contributed by atoms with Gasteiger partial charge in [0.2, 0.25) is 5.91 Å². The quantitative estimate of drug-likeness (QED) is 0.378. The van der Waals surface area contributed by atoms with Gasteiger partial charge in [0.05, 0.1) is 32.0 Å². The van der Waals surface area contributed by atoms with Crippen molar-refractivity contribution in [2.75, 3.05) is 46.0 Å². The molecule has 0 saturated heterocycles. The lowest BCUT2D eigenvalue weighted by molar-refractivity contribution is -0.120. The summed E-state index contributed by atoms with van der Waals surface area (Å²) in [7, 11) is 0. The first-order valence-corrected chi connectivity index (χ1v) is 9.84. The van der Waals surface area contributed by atoms with Gasteiger partial charge in [0.25, 0.3) is 0 Å². The molecule has 0 radical (unpaired) electrons. The average Bonchev–Trinajstić information content (AvgIpc) is 2.62. The average molecular weight is 386 g/mol. The first-order valence-electron chi connectivity index (χ1n) is 9.84. The Hall–Kier alpha value is -0.760. The second-order valence-corrected chi connectivity index (χ2v) is 6.48. The zero-order valence-corrected chi connectivity index (χ0v) is 17.9. The molecular weight excluding hydrogens is 337 g/mol. The first-order chi connectivity index (χ1) is 12.3. The topological polar surface area (TPSA) is 71.6 Å². The van der Waals surface area contributed by atoms with Crippen LogP contribution in [0.1, 0.15) is 59.2 Å². The van der Waals surface area contributed by atoms with Crippen LogP contribution < -0.4 is 16.0 Å². The van der Waals surface area contributed by atoms with Gasteiger partial charge in [-0.25, -0.2) is 4.39 Å². The van der Waals surface area contributed by atoms with E-state index in [9.17, 15) is 9.18 Å². The van der Waals surface area contributed by atoms with E-state index in [0.717, 1.165) is 19.5 Å². The maximum Gasteiger partial charge on any atom is 0.216 e. The van der Waals surface area contributed by atoms with E-state index in [1.165, 1.54) is 6.92 Å². The second kappa shape index (κ2) is 17.6. The molecule has 0 aliphatic heterocycles. The maximum atomic E-state index is 14.0. The van der Waals surface area contributed by atoms with Gasteiger partial charge in [-0.05, 0) is 27.2 Å². The Morgan fingerprint density at radius 3 is 2.31 bits per heavy atom. The molecule has 0 fully saturated rings. The van der Waals surface area contributed by atoms with Gasteiger partial charge >= 0.3 is 0 Å². The number of nitrogens with one attached hydrogen (secondary N) is 3. The molecule has 0 bridgehead atoms. The summed E-state index contributed by atoms with van der Waals surface area (Å²) in [6.45, 7) is 17.0. The Labute approximate surface area is 164 Å². The van der Waals surface area contributed by atoms with Crippen LogP contribution in [0.3, 0.4) is 0 Å². The fourth-order valence-electron chi connectivity index (χ4n) is 1.85. The van der Waals surface area contributed by atoms with Gasteiger partial charge in [-0.15, -0.1) is 0 Å². The van der Waals surface area contributed by atoms with Crippen molar-refractivity contribution in [2.24, 2.45) is 0 Å². The molecule has 2 unspecified atom stereocenters. The Bertz CT molecular complexity index is 345. The molecule has 0 saturated carbocycles. The molecule has 164 valence electrons. The van der Waals surface area contributed by atoms with Crippen LogP contribution in [0.5, 0.6) is 0 Å². The molecule has 0 rings (SSSR count). The SMILES string of the molecule is CC.CCC(C)NCCOCCNCCOC(C)(C)C(F)CNC(C)=O.[HH].[HH].[HH]. The van der Waals surface area contributed by atoms with Crippen molar-refractivity contribution >= 4 is 5.91 Å². The number of carbonyl (C=O) groups excluding carboxylic acids is 1. The highest BCUT2D eigenvalue weighted by Gasteiger charge is 2.30. The number of amides is 1. The lowest BCUT2D eigenvalue weighted by atomic mass is 10.0. The zero-order chi connectivity index (χ0) is 20.4. The minimum absolute atomic E-state index is 0. The normalized spacial score (nSPS) is 13.5. The molecule has 3 N–H and O–H groups in total. The van der Waals surface area contributed by atoms with Gasteiger partial charge in [-0.3, -0.25) is 4.79 Å². The number of rotatable bonds is 15. The van der Waals surface area contributed by atoms with E-state index >= 15 is 0 Å². The van der Waals surface area contributed by atoms with Gasteiger partial charge in [0, 0.05) is 36.9 Å². The van der Waals surface area contributed by atoms with Crippen LogP contribution in [0.2, 0.25) is 0 Å². The minimum Gasteiger partial charge on any atom is -0.379 e. The Morgan fingerprint density at radius 1 is 1.15 bits per heavy atom. The molecule has 0 spiro atoms. The monoisotopic (exact) mass is 385 g/mol. The van der Waals surface area contributed by atoms with Crippen molar-refractivity contribution in [3.05, 3.63) is 0 Å². The van der Waals surface area contributed by atoms with E-state index < -0.39 is 11.8 Å². The van der Waals surface area contributed by atoms with E-state index in [0.29, 0.717) is 32.4 Å². The van der Waals surface area contributed by atoms with Crippen molar-refractivity contribution in [1.82, 2.24) is 16.0 Å². The lowest BCUT2D eigenvalue weighted by Crippen LogP contribution is -2.44. The summed E-state index contributed by atoms with van der Waals surface area (Å²) in [6.07, 6.45) is -0.134. The number of ether oxygens (including phenoxy) is 2. The van der Waals surface area contributed by atoms with Crippen LogP contribution >= 0.6 is 0 Å². The fourth-order valence-corrected chi connectivity index (χ4v) is 1.85. The molecule has 1 amide bonds. The van der Waals surface area contributed by atoms with Gasteiger partial charge in [-0.1, -0.05) is 20.8 Å². The summed E-state index contributed by atoms with van der Waals surface area (Å²) >= 11 is 0. The van der Waals surface area contributed by atoms with Crippen molar-refractivity contribution in [3.8, 4) is 0 Å². The number of hydrogen-bond acceptors (Lipinski definition) is 5. The Morgan fingerprint density at radius 2 is 1.73 bits per heavy atom. The van der Waals surface area contributed by atoms with Crippen molar-refractivity contribution in [3.63, 3.8) is 0 Å². The predicted molar refractivity (Wildman–Crippen MR) is 113 cm³/mol. The second-order valence-electron chi connectivity index (χ2n) is 6.48. The molecule has 0 aromatic carbocycles. The molecule has 2 atom stereocenters. The minimum atomic E-state index is -1.25. The summed E-state index contributed by atoms with van der Waals surface area (Å²) in [6, 6.07) is 0.525. The Kier molecular flexibility index (Phi) is 18.6. The zero-order valence-electron chi connectivity index (χ0n) is 17.9. The van der Waals surface area contributed by atoms with Crippen LogP contribution in [0.25, 0.3) is 0 Å². The standard InChI is InChI=1S/C17H36FN3O3.C2H6.3H2/c1-6-14(2)20-9-11-23-10-7-19-8-12-24-17(4,5)16(18)13-21-15(3)22;1-2;;;/h14,16,19-20H,6-13H2,1-5H3,(H,21,22);1-2H3;3*1H. The smallest absolute Gasteiger partial charge is 0.216 e. The van der Waals surface area contributed by atoms with E-state index in [-0.39, 0.29) is 16.7 Å². The maximum absolute atomic E-state index is 14.0. The van der Waals surface area contributed by atoms with Crippen LogP contribution in [0, 0.1) is 0 Å². The molecule has 0 heterocycles. The third kappa shape index (κ3) is 16.7. The number of halogens is 1. The highest BCUT2D eigenvalue weighted by molar-refractivity contribution is 5.72. The highest BCUT2D eigenvalue weighted by atomic mass is 19.1. The third-order valence-electron chi connectivity index (χ3n) is 3.81. The summed E-state index contributed by atoms with van der Waals surface area (Å²) in [4.78, 5) is 10.8. The number of alkyl halides is 1. The third-order valence-corrected chi connectivity index (χ3v) is 3.81. The summed E-state index contributed by atoms with van der Waals surface area (Å²) in [5, 5.41) is 9.02. The lowest BCUT2D eigenvalue weighted by Gasteiger charge is -2.29. The molecule has 7 heteroatoms. The molecule has 0 aromatic heterocycles. The van der Waals surface area contributed by atoms with Crippen LogP contribution in [-0.4, -0.2) is 69.7 Å². The van der Waals surface area contributed by atoms with Crippen molar-refractivity contribution < 1.29 is 22.9 Å². The van der Waals surface area contributed by atoms with E-state index in [1.807, 2.05) is 13.8 Å². The summed E-state index contributed by atoms with van der Waals surface area (Å²) in [5.41, 5.74) is -0.928. The number of hydrogen-bond donors (Lipinski definition) is 3. The van der Waals surface area contributed by atoms with Gasteiger partial charge in [0.1, 0.15) is 6.17 Å². The summed E-state index contributed by atoms with van der Waals surface area (Å²) in [5.74, 6) is -0.241. The van der Waals surface area contributed by atoms with Crippen LogP contribution in [0.15, 0.2) is 0 Å². The van der Waals surface area contributed by atoms with Crippen LogP contribution in [-0.2, 0) is 14.3 Å². The summed E-state index contributed by atoms with van der Waals surface area (Å²) < 4.78 is 25.1. The van der Waals surface area contributed by atoms with Crippen molar-refractivity contribution in [2.45, 2.75) is 72.7 Å². The molecule has 6 nitrogen and oxygen atoms in total. The highest BCUT2D eigenvalue weighted by Crippen LogP contribution is 2.17. The molecular formula is C19H48FN3O3. The first kappa shape index (κ1) is 27.5. The Balaban J connectivity index is -0.000000371. The fraction of sp³-hybridized carbons (Fsp3) is 0.947. The molecule has 0 aliphatic rings. The molecule has 26 heavy (non-hydrogen) atoms. The van der Waals surface area contributed by atoms with E-state index in [1.54, 1.807) is 13.8 Å². The van der Waals surface area contributed by atoms with Gasteiger partial charge in [-0.2, -0.15) is 0 Å². The van der Waals surface area contributed by atoms with E-state index in [2.05, 4.69) is 29.8 Å². The van der Waals surface area contributed by atoms with Gasteiger partial charge in [0.15, 0.2) is 0 Å². The van der Waals surface area contributed by atoms with E-state index in [4.69, 9.17) is 9.47 Å². The largest absolute Gasteiger partial charge is 0.379 e. The van der Waals surface area contributed by atoms with Gasteiger partial charge < -0.3 is 25.4 Å². The number of carbonyl (C=O) groups is 1. The van der Waals surface area contributed by atoms with Crippen molar-refractivity contribution in [1.29, 1.82) is 0 Å². The predicted octanol–water partition coefficient (Wildman–Crippen LogP) is 3.01.